The van der Waals surface area contributed by atoms with Crippen molar-refractivity contribution in [2.45, 2.75) is 19.9 Å². The van der Waals surface area contributed by atoms with Gasteiger partial charge in [-0.2, -0.15) is 0 Å². The minimum absolute atomic E-state index is 0. The number of thiophene rings is 1. The Morgan fingerprint density at radius 1 is 1.23 bits per heavy atom. The fraction of sp³-hybridized carbons (Fsp3) is 0.333. The van der Waals surface area contributed by atoms with Gasteiger partial charge in [0, 0.05) is 30.6 Å². The van der Waals surface area contributed by atoms with Crippen molar-refractivity contribution in [2.75, 3.05) is 20.1 Å². The molecule has 1 heterocycles. The number of nitrogens with zero attached hydrogens (tertiary/aromatic N) is 1. The number of carbonyl (C=O) groups excluding carboxylic acids is 1. The number of nitrogens with one attached hydrogen (secondary N) is 3. The number of benzene rings is 1. The van der Waals surface area contributed by atoms with Gasteiger partial charge in [-0.15, -0.1) is 35.3 Å². The standard InChI is InChI=1S/C18H23BrN4OS.HI/c1-3-21-18(23-12-15-7-8-16(19)25-15)22-10-9-13-5-4-6-14(11-13)17(24)20-2;/h4-8,11H,3,9-10,12H2,1-2H3,(H,20,24)(H2,21,22,23);1H. The fourth-order valence-corrected chi connectivity index (χ4v) is 3.68. The summed E-state index contributed by atoms with van der Waals surface area (Å²) in [5.74, 6) is 0.737. The predicted octanol–water partition coefficient (Wildman–Crippen LogP) is 3.79. The number of carbonyl (C=O) groups is 1. The molecule has 0 unspecified atom stereocenters. The highest BCUT2D eigenvalue weighted by atomic mass is 127. The molecule has 0 saturated heterocycles. The maximum atomic E-state index is 11.7. The first-order chi connectivity index (χ1) is 12.1. The zero-order valence-corrected chi connectivity index (χ0v) is 19.6. The third-order valence-corrected chi connectivity index (χ3v) is 5.10. The summed E-state index contributed by atoms with van der Waals surface area (Å²) in [6.07, 6.45) is 0.819. The van der Waals surface area contributed by atoms with Crippen LogP contribution in [0.25, 0.3) is 0 Å². The summed E-state index contributed by atoms with van der Waals surface area (Å²) in [7, 11) is 1.64. The average molecular weight is 551 g/mol. The van der Waals surface area contributed by atoms with Gasteiger partial charge in [0.15, 0.2) is 5.96 Å². The third kappa shape index (κ3) is 7.63. The molecule has 0 aliphatic carbocycles. The van der Waals surface area contributed by atoms with E-state index in [1.54, 1.807) is 18.4 Å². The second-order valence-corrected chi connectivity index (χ2v) is 7.90. The van der Waals surface area contributed by atoms with E-state index in [1.165, 1.54) is 4.88 Å². The maximum absolute atomic E-state index is 11.7. The van der Waals surface area contributed by atoms with Crippen LogP contribution in [0.5, 0.6) is 0 Å². The number of rotatable bonds is 7. The zero-order chi connectivity index (χ0) is 18.1. The minimum Gasteiger partial charge on any atom is -0.357 e. The summed E-state index contributed by atoms with van der Waals surface area (Å²) >= 11 is 5.16. The second-order valence-electron chi connectivity index (χ2n) is 5.36. The molecule has 0 radical (unpaired) electrons. The van der Waals surface area contributed by atoms with Crippen LogP contribution in [0.2, 0.25) is 0 Å². The zero-order valence-electron chi connectivity index (χ0n) is 14.8. The molecule has 0 aliphatic rings. The van der Waals surface area contributed by atoms with E-state index in [1.807, 2.05) is 37.3 Å². The SMILES string of the molecule is CCNC(=NCc1ccc(Br)s1)NCCc1cccc(C(=O)NC)c1.I. The Kier molecular flexibility index (Phi) is 10.8. The Bertz CT molecular complexity index is 735. The summed E-state index contributed by atoms with van der Waals surface area (Å²) in [4.78, 5) is 17.5. The smallest absolute Gasteiger partial charge is 0.251 e. The Balaban J connectivity index is 0.00000338. The lowest BCUT2D eigenvalue weighted by atomic mass is 10.1. The monoisotopic (exact) mass is 550 g/mol. The van der Waals surface area contributed by atoms with Gasteiger partial charge in [0.05, 0.1) is 10.3 Å². The molecule has 0 aliphatic heterocycles. The van der Waals surface area contributed by atoms with Crippen LogP contribution in [0.1, 0.15) is 27.7 Å². The molecule has 142 valence electrons. The van der Waals surface area contributed by atoms with E-state index >= 15 is 0 Å². The molecular formula is C18H24BrIN4OS. The van der Waals surface area contributed by atoms with Crippen molar-refractivity contribution in [3.8, 4) is 0 Å². The Morgan fingerprint density at radius 3 is 2.69 bits per heavy atom. The lowest BCUT2D eigenvalue weighted by molar-refractivity contribution is 0.0963. The van der Waals surface area contributed by atoms with E-state index < -0.39 is 0 Å². The normalized spacial score (nSPS) is 10.8. The lowest BCUT2D eigenvalue weighted by Gasteiger charge is -2.11. The van der Waals surface area contributed by atoms with Crippen LogP contribution in [0.4, 0.5) is 0 Å². The number of guanidine groups is 1. The Hall–Kier alpha value is -1.13. The van der Waals surface area contributed by atoms with Gasteiger partial charge in [-0.05, 0) is 59.1 Å². The van der Waals surface area contributed by atoms with E-state index in [0.717, 1.165) is 34.8 Å². The van der Waals surface area contributed by atoms with Gasteiger partial charge >= 0.3 is 0 Å². The van der Waals surface area contributed by atoms with Crippen LogP contribution in [-0.2, 0) is 13.0 Å². The van der Waals surface area contributed by atoms with Crippen molar-refractivity contribution < 1.29 is 4.79 Å². The molecule has 0 spiro atoms. The molecule has 2 rings (SSSR count). The highest BCUT2D eigenvalue weighted by Gasteiger charge is 2.04. The molecule has 3 N–H and O–H groups in total. The van der Waals surface area contributed by atoms with Gasteiger partial charge in [-0.1, -0.05) is 12.1 Å². The summed E-state index contributed by atoms with van der Waals surface area (Å²) < 4.78 is 1.12. The van der Waals surface area contributed by atoms with E-state index in [2.05, 4.69) is 42.9 Å². The first-order valence-corrected chi connectivity index (χ1v) is 9.80. The van der Waals surface area contributed by atoms with E-state index in [9.17, 15) is 4.79 Å². The fourth-order valence-electron chi connectivity index (χ4n) is 2.27. The van der Waals surface area contributed by atoms with Gasteiger partial charge in [0.25, 0.3) is 5.91 Å². The van der Waals surface area contributed by atoms with Gasteiger partial charge in [-0.3, -0.25) is 4.79 Å². The quantitative estimate of drug-likeness (QED) is 0.279. The van der Waals surface area contributed by atoms with Crippen molar-refractivity contribution in [1.82, 2.24) is 16.0 Å². The molecule has 26 heavy (non-hydrogen) atoms. The average Bonchev–Trinajstić information content (AvgIpc) is 3.04. The first-order valence-electron chi connectivity index (χ1n) is 8.19. The molecule has 1 amide bonds. The van der Waals surface area contributed by atoms with Crippen LogP contribution < -0.4 is 16.0 Å². The number of hydrogen-bond acceptors (Lipinski definition) is 3. The first kappa shape index (κ1) is 22.9. The predicted molar refractivity (Wildman–Crippen MR) is 124 cm³/mol. The molecule has 1 aromatic carbocycles. The summed E-state index contributed by atoms with van der Waals surface area (Å²) in [6, 6.07) is 11.8. The van der Waals surface area contributed by atoms with Crippen molar-refractivity contribution >= 4 is 63.1 Å². The molecule has 0 bridgehead atoms. The summed E-state index contributed by atoms with van der Waals surface area (Å²) in [6.45, 7) is 4.26. The van der Waals surface area contributed by atoms with Crippen LogP contribution in [0.3, 0.4) is 0 Å². The van der Waals surface area contributed by atoms with Crippen molar-refractivity contribution in [3.63, 3.8) is 0 Å². The van der Waals surface area contributed by atoms with Crippen molar-refractivity contribution in [1.29, 1.82) is 0 Å². The second kappa shape index (κ2) is 12.3. The lowest BCUT2D eigenvalue weighted by Crippen LogP contribution is -2.38. The topological polar surface area (TPSA) is 65.5 Å². The summed E-state index contributed by atoms with van der Waals surface area (Å²) in [5, 5.41) is 9.24. The molecule has 2 aromatic rings. The molecule has 1 aromatic heterocycles. The van der Waals surface area contributed by atoms with Gasteiger partial charge in [-0.25, -0.2) is 4.99 Å². The molecular weight excluding hydrogens is 527 g/mol. The number of hydrogen-bond donors (Lipinski definition) is 3. The number of amides is 1. The summed E-state index contributed by atoms with van der Waals surface area (Å²) in [5.41, 5.74) is 1.80. The van der Waals surface area contributed by atoms with E-state index in [0.29, 0.717) is 12.1 Å². The molecule has 0 saturated carbocycles. The van der Waals surface area contributed by atoms with Crippen molar-refractivity contribution in [3.05, 3.63) is 56.2 Å². The number of halogens is 2. The van der Waals surface area contributed by atoms with Gasteiger partial charge < -0.3 is 16.0 Å². The van der Waals surface area contributed by atoms with E-state index in [4.69, 9.17) is 0 Å². The third-order valence-electron chi connectivity index (χ3n) is 3.49. The molecule has 0 fully saturated rings. The molecule has 5 nitrogen and oxygen atoms in total. The Labute approximate surface area is 184 Å². The minimum atomic E-state index is -0.0631. The van der Waals surface area contributed by atoms with Crippen LogP contribution in [0.15, 0.2) is 45.2 Å². The van der Waals surface area contributed by atoms with Gasteiger partial charge in [0.2, 0.25) is 0 Å². The molecule has 8 heteroatoms. The van der Waals surface area contributed by atoms with Crippen LogP contribution in [0, 0.1) is 0 Å². The van der Waals surface area contributed by atoms with Crippen molar-refractivity contribution in [2.24, 2.45) is 4.99 Å². The maximum Gasteiger partial charge on any atom is 0.251 e. The number of aliphatic imine (C=N–C) groups is 1. The van der Waals surface area contributed by atoms with Crippen LogP contribution in [-0.4, -0.2) is 32.0 Å². The highest BCUT2D eigenvalue weighted by Crippen LogP contribution is 2.22. The Morgan fingerprint density at radius 2 is 2.04 bits per heavy atom. The largest absolute Gasteiger partial charge is 0.357 e. The molecule has 0 atom stereocenters. The van der Waals surface area contributed by atoms with Gasteiger partial charge in [0.1, 0.15) is 0 Å². The van der Waals surface area contributed by atoms with Crippen LogP contribution >= 0.6 is 51.2 Å². The van der Waals surface area contributed by atoms with E-state index in [-0.39, 0.29) is 29.9 Å². The highest BCUT2D eigenvalue weighted by molar-refractivity contribution is 14.0.